The normalized spacial score (nSPS) is 21.9. The van der Waals surface area contributed by atoms with E-state index in [1.54, 1.807) is 10.9 Å². The van der Waals surface area contributed by atoms with Crippen molar-refractivity contribution in [2.45, 2.75) is 63.3 Å². The van der Waals surface area contributed by atoms with Crippen molar-refractivity contribution >= 4 is 22.9 Å². The Labute approximate surface area is 317 Å². The fourth-order valence-corrected chi connectivity index (χ4v) is 7.58. The summed E-state index contributed by atoms with van der Waals surface area (Å²) in [7, 11) is 0. The van der Waals surface area contributed by atoms with Crippen molar-refractivity contribution in [3.63, 3.8) is 0 Å². The van der Waals surface area contributed by atoms with Gasteiger partial charge in [0.1, 0.15) is 30.2 Å². The van der Waals surface area contributed by atoms with Crippen LogP contribution in [0.2, 0.25) is 0 Å². The lowest BCUT2D eigenvalue weighted by Crippen LogP contribution is -2.37. The Morgan fingerprint density at radius 2 is 1.58 bits per heavy atom. The van der Waals surface area contributed by atoms with Crippen LogP contribution < -0.4 is 20.5 Å². The Kier molecular flexibility index (Phi) is 8.60. The van der Waals surface area contributed by atoms with Crippen molar-refractivity contribution in [1.29, 1.82) is 0 Å². The molecule has 9 rings (SSSR count). The molecule has 12 nitrogen and oxygen atoms in total. The molecule has 3 aliphatic heterocycles. The number of amides is 1. The lowest BCUT2D eigenvalue weighted by molar-refractivity contribution is -0.191. The average molecular weight is 737 g/mol. The number of ether oxygens (including phenoxy) is 5. The van der Waals surface area contributed by atoms with Gasteiger partial charge in [0.05, 0.1) is 11.9 Å². The maximum Gasteiger partial charge on any atom is 0.305 e. The van der Waals surface area contributed by atoms with E-state index in [0.717, 1.165) is 22.3 Å². The van der Waals surface area contributed by atoms with Gasteiger partial charge in [-0.2, -0.15) is 0 Å². The molecule has 0 spiro atoms. The molecular weight excluding hydrogens is 697 g/mol. The first kappa shape index (κ1) is 34.7. The molecule has 0 radical (unpaired) electrons. The number of nitrogen functional groups attached to an aromatic ring is 1. The number of carbonyl (C=O) groups is 1. The van der Waals surface area contributed by atoms with Crippen LogP contribution >= 0.6 is 0 Å². The van der Waals surface area contributed by atoms with E-state index >= 15 is 0 Å². The van der Waals surface area contributed by atoms with Crippen LogP contribution in [-0.4, -0.2) is 56.1 Å². The Morgan fingerprint density at radius 1 is 0.873 bits per heavy atom. The van der Waals surface area contributed by atoms with E-state index in [2.05, 4.69) is 51.5 Å². The van der Waals surface area contributed by atoms with E-state index in [-0.39, 0.29) is 18.3 Å². The number of aryl methyl sites for hydroxylation is 1. The minimum absolute atomic E-state index is 0.211. The molecule has 3 N–H and O–H groups in total. The zero-order chi connectivity index (χ0) is 37.7. The smallest absolute Gasteiger partial charge is 0.305 e. The summed E-state index contributed by atoms with van der Waals surface area (Å²) in [5, 5.41) is 3.07. The fourth-order valence-electron chi connectivity index (χ4n) is 7.58. The van der Waals surface area contributed by atoms with E-state index in [0.29, 0.717) is 34.6 Å². The van der Waals surface area contributed by atoms with Crippen LogP contribution in [0.4, 0.5) is 5.82 Å². The van der Waals surface area contributed by atoms with E-state index in [1.807, 2.05) is 98.8 Å². The van der Waals surface area contributed by atoms with Gasteiger partial charge in [-0.1, -0.05) is 103 Å². The van der Waals surface area contributed by atoms with Crippen LogP contribution in [0, 0.1) is 6.92 Å². The molecule has 0 aliphatic carbocycles. The third kappa shape index (κ3) is 6.37. The highest BCUT2D eigenvalue weighted by molar-refractivity contribution is 5.98. The molecule has 5 heterocycles. The number of hydrogen-bond donors (Lipinski definition) is 2. The quantitative estimate of drug-likeness (QED) is 0.160. The summed E-state index contributed by atoms with van der Waals surface area (Å²) in [6, 6.07) is 31.8. The van der Waals surface area contributed by atoms with Gasteiger partial charge in [-0.25, -0.2) is 15.0 Å². The van der Waals surface area contributed by atoms with Crippen LogP contribution in [0.1, 0.15) is 58.3 Å². The molecule has 0 bridgehead atoms. The molecule has 4 atom stereocenters. The first-order chi connectivity index (χ1) is 26.7. The van der Waals surface area contributed by atoms with Gasteiger partial charge in [0, 0.05) is 17.7 Å². The first-order valence-corrected chi connectivity index (χ1v) is 18.3. The second-order valence-corrected chi connectivity index (χ2v) is 14.5. The van der Waals surface area contributed by atoms with E-state index in [9.17, 15) is 4.79 Å². The third-order valence-corrected chi connectivity index (χ3v) is 10.1. The second-order valence-electron chi connectivity index (χ2n) is 14.5. The highest BCUT2D eigenvalue weighted by atomic mass is 16.8. The number of rotatable bonds is 9. The Morgan fingerprint density at radius 3 is 2.31 bits per heavy atom. The number of carbonyl (C=O) groups excluding carboxylic acids is 1. The lowest BCUT2D eigenvalue weighted by Gasteiger charge is -2.28. The zero-order valence-corrected chi connectivity index (χ0v) is 30.6. The van der Waals surface area contributed by atoms with Crippen molar-refractivity contribution < 1.29 is 28.5 Å². The lowest BCUT2D eigenvalue weighted by atomic mass is 9.97. The van der Waals surface area contributed by atoms with E-state index in [1.165, 1.54) is 11.9 Å². The maximum atomic E-state index is 14.2. The SMILES string of the molecule is Cc1ccc(Cc2cc3c(c(C(=O)NCC=C[C@H]4O[C@@H](n5cnc6c(N)ncnc65)[C@H]5OC(C)(C)OC45)c2)OC(c2ccccc2)(c2ccccc2)O3)cc1. The molecule has 278 valence electrons. The largest absolute Gasteiger partial charge is 0.440 e. The number of anilines is 1. The molecule has 55 heavy (non-hydrogen) atoms. The number of nitrogens with zero attached hydrogens (tertiary/aromatic N) is 4. The van der Waals surface area contributed by atoms with Crippen molar-refractivity contribution in [2.24, 2.45) is 0 Å². The number of hydrogen-bond acceptors (Lipinski definition) is 10. The number of benzene rings is 4. The van der Waals surface area contributed by atoms with Crippen LogP contribution in [0.3, 0.4) is 0 Å². The molecule has 4 aromatic carbocycles. The van der Waals surface area contributed by atoms with Crippen molar-refractivity contribution in [2.75, 3.05) is 12.3 Å². The van der Waals surface area contributed by atoms with Crippen molar-refractivity contribution in [1.82, 2.24) is 24.8 Å². The zero-order valence-electron chi connectivity index (χ0n) is 30.6. The number of nitrogens with two attached hydrogens (primary N) is 1. The van der Waals surface area contributed by atoms with Crippen molar-refractivity contribution in [3.8, 4) is 11.5 Å². The highest BCUT2D eigenvalue weighted by Crippen LogP contribution is 2.50. The molecule has 2 aromatic heterocycles. The molecule has 0 saturated carbocycles. The first-order valence-electron chi connectivity index (χ1n) is 18.3. The maximum absolute atomic E-state index is 14.2. The second kappa shape index (κ2) is 13.6. The third-order valence-electron chi connectivity index (χ3n) is 10.1. The minimum Gasteiger partial charge on any atom is -0.440 e. The Bertz CT molecular complexity index is 2360. The van der Waals surface area contributed by atoms with Gasteiger partial charge in [-0.15, -0.1) is 0 Å². The summed E-state index contributed by atoms with van der Waals surface area (Å²) in [6.07, 6.45) is 5.44. The van der Waals surface area contributed by atoms with Gasteiger partial charge in [0.25, 0.3) is 5.91 Å². The van der Waals surface area contributed by atoms with Gasteiger partial charge >= 0.3 is 5.79 Å². The summed E-state index contributed by atoms with van der Waals surface area (Å²) in [4.78, 5) is 27.0. The summed E-state index contributed by atoms with van der Waals surface area (Å²) in [6.45, 7) is 6.02. The van der Waals surface area contributed by atoms with Gasteiger partial charge in [0.2, 0.25) is 0 Å². The highest BCUT2D eigenvalue weighted by Gasteiger charge is 2.55. The Balaban J connectivity index is 0.989. The van der Waals surface area contributed by atoms with Crippen LogP contribution in [0.25, 0.3) is 11.2 Å². The average Bonchev–Trinajstić information content (AvgIpc) is 3.96. The summed E-state index contributed by atoms with van der Waals surface area (Å²) >= 11 is 0. The van der Waals surface area contributed by atoms with Crippen LogP contribution in [-0.2, 0) is 26.4 Å². The number of aromatic nitrogens is 4. The molecule has 2 fully saturated rings. The standard InChI is InChI=1S/C43H40N6O6/c1-26-16-18-27(19-17-26)21-28-22-31(35-33(23-28)52-43(55-35,29-11-6-4-7-12-29)30-13-8-5-9-14-30)40(50)45-20-10-15-32-36-37(54-42(2,3)53-36)41(51-32)49-25-48-34-38(44)46-24-47-39(34)49/h4-19,22-25,32,36-37,41H,20-21H2,1-3H3,(H,45,50)(H2,44,46,47)/t32-,36?,37+,41-/m1/s1. The predicted octanol–water partition coefficient (Wildman–Crippen LogP) is 6.38. The van der Waals surface area contributed by atoms with E-state index in [4.69, 9.17) is 29.4 Å². The Hall–Kier alpha value is -6.08. The number of imidazole rings is 1. The summed E-state index contributed by atoms with van der Waals surface area (Å²) < 4.78 is 34.5. The molecule has 1 amide bonds. The molecule has 1 unspecified atom stereocenters. The topological polar surface area (TPSA) is 145 Å². The van der Waals surface area contributed by atoms with Crippen molar-refractivity contribution in [3.05, 3.63) is 155 Å². The predicted molar refractivity (Wildman–Crippen MR) is 204 cm³/mol. The van der Waals surface area contributed by atoms with Gasteiger partial charge in [-0.3, -0.25) is 9.36 Å². The van der Waals surface area contributed by atoms with Crippen LogP contribution in [0.15, 0.2) is 122 Å². The monoisotopic (exact) mass is 736 g/mol. The van der Waals surface area contributed by atoms with Crippen LogP contribution in [0.5, 0.6) is 11.5 Å². The van der Waals surface area contributed by atoms with Gasteiger partial charge in [-0.05, 0) is 50.5 Å². The molecule has 2 saturated heterocycles. The number of fused-ring (bicyclic) bond motifs is 3. The minimum atomic E-state index is -1.29. The summed E-state index contributed by atoms with van der Waals surface area (Å²) in [5.41, 5.74) is 12.3. The molecular formula is C43H40N6O6. The van der Waals surface area contributed by atoms with Gasteiger partial charge < -0.3 is 34.7 Å². The molecule has 3 aliphatic rings. The summed E-state index contributed by atoms with van der Waals surface area (Å²) in [5.74, 6) is -1.27. The van der Waals surface area contributed by atoms with E-state index < -0.39 is 36.1 Å². The number of nitrogens with one attached hydrogen (secondary N) is 1. The molecule has 6 aromatic rings. The molecule has 12 heteroatoms. The fraction of sp³-hybridized carbons (Fsp3) is 0.256. The van der Waals surface area contributed by atoms with Gasteiger partial charge in [0.15, 0.2) is 35.0 Å².